The van der Waals surface area contributed by atoms with E-state index in [1.54, 1.807) is 13.8 Å². The molecule has 0 aliphatic heterocycles. The fourth-order valence-electron chi connectivity index (χ4n) is 1.43. The molecule has 0 atom stereocenters. The first-order valence-corrected chi connectivity index (χ1v) is 5.42. The Hall–Kier alpha value is -1.06. The Bertz CT molecular complexity index is 257. The van der Waals surface area contributed by atoms with Gasteiger partial charge >= 0.3 is 5.97 Å². The van der Waals surface area contributed by atoms with Crippen LogP contribution in [0.15, 0.2) is 0 Å². The molecular weight excluding hydrogens is 194 g/mol. The molecule has 0 aromatic heterocycles. The summed E-state index contributed by atoms with van der Waals surface area (Å²) in [5, 5.41) is 11.5. The van der Waals surface area contributed by atoms with Crippen LogP contribution in [0.25, 0.3) is 0 Å². The third-order valence-corrected chi connectivity index (χ3v) is 3.01. The van der Waals surface area contributed by atoms with Gasteiger partial charge in [-0.15, -0.1) is 0 Å². The third kappa shape index (κ3) is 3.53. The lowest BCUT2D eigenvalue weighted by molar-refractivity contribution is -0.146. The van der Waals surface area contributed by atoms with Crippen LogP contribution in [-0.4, -0.2) is 23.5 Å². The predicted octanol–water partition coefficient (Wildman–Crippen LogP) is 1.40. The molecule has 86 valence electrons. The van der Waals surface area contributed by atoms with Gasteiger partial charge in [-0.2, -0.15) is 0 Å². The third-order valence-electron chi connectivity index (χ3n) is 3.01. The van der Waals surface area contributed by atoms with Crippen molar-refractivity contribution in [2.45, 2.75) is 39.5 Å². The summed E-state index contributed by atoms with van der Waals surface area (Å²) in [5.41, 5.74) is -0.880. The number of aliphatic carboxylic acids is 1. The van der Waals surface area contributed by atoms with Crippen molar-refractivity contribution in [3.63, 3.8) is 0 Å². The zero-order chi connectivity index (χ0) is 11.5. The van der Waals surface area contributed by atoms with Gasteiger partial charge in [-0.3, -0.25) is 9.59 Å². The molecule has 0 aromatic rings. The summed E-state index contributed by atoms with van der Waals surface area (Å²) >= 11 is 0. The highest BCUT2D eigenvalue weighted by molar-refractivity contribution is 5.78. The normalized spacial score (nSPS) is 16.9. The summed E-state index contributed by atoms with van der Waals surface area (Å²) in [6.07, 6.45) is 4.04. The summed E-state index contributed by atoms with van der Waals surface area (Å²) in [7, 11) is 0. The monoisotopic (exact) mass is 213 g/mol. The van der Waals surface area contributed by atoms with E-state index in [9.17, 15) is 9.59 Å². The quantitative estimate of drug-likeness (QED) is 0.725. The average Bonchev–Trinajstić information content (AvgIpc) is 2.08. The average molecular weight is 213 g/mol. The molecule has 1 fully saturated rings. The van der Waals surface area contributed by atoms with Gasteiger partial charge < -0.3 is 10.4 Å². The maximum Gasteiger partial charge on any atom is 0.310 e. The van der Waals surface area contributed by atoms with Crippen molar-refractivity contribution < 1.29 is 14.7 Å². The molecule has 0 spiro atoms. The zero-order valence-corrected chi connectivity index (χ0v) is 9.38. The van der Waals surface area contributed by atoms with Gasteiger partial charge in [-0.25, -0.2) is 0 Å². The maximum atomic E-state index is 11.4. The topological polar surface area (TPSA) is 66.4 Å². The van der Waals surface area contributed by atoms with E-state index in [-0.39, 0.29) is 12.5 Å². The molecule has 1 aliphatic carbocycles. The van der Waals surface area contributed by atoms with Crippen LogP contribution in [0.5, 0.6) is 0 Å². The number of rotatable bonds is 5. The molecule has 2 N–H and O–H groups in total. The van der Waals surface area contributed by atoms with Gasteiger partial charge in [-0.05, 0) is 32.6 Å². The summed E-state index contributed by atoms with van der Waals surface area (Å²) < 4.78 is 0. The molecule has 0 unspecified atom stereocenters. The minimum absolute atomic E-state index is 0.0194. The fourth-order valence-corrected chi connectivity index (χ4v) is 1.43. The minimum atomic E-state index is -0.883. The van der Waals surface area contributed by atoms with Crippen LogP contribution in [0.4, 0.5) is 0 Å². The molecule has 1 amide bonds. The SMILES string of the molecule is CC(C)(CNC(=O)CC1CCC1)C(=O)O. The van der Waals surface area contributed by atoms with Crippen molar-refractivity contribution in [2.24, 2.45) is 11.3 Å². The number of carboxylic acid groups (broad SMARTS) is 1. The lowest BCUT2D eigenvalue weighted by Gasteiger charge is -2.25. The number of carboxylic acids is 1. The highest BCUT2D eigenvalue weighted by Gasteiger charge is 2.28. The molecule has 0 bridgehead atoms. The van der Waals surface area contributed by atoms with Crippen molar-refractivity contribution in [2.75, 3.05) is 6.54 Å². The highest BCUT2D eigenvalue weighted by Crippen LogP contribution is 2.29. The molecule has 0 aromatic carbocycles. The molecule has 4 nitrogen and oxygen atoms in total. The van der Waals surface area contributed by atoms with Crippen molar-refractivity contribution >= 4 is 11.9 Å². The lowest BCUT2D eigenvalue weighted by Crippen LogP contribution is -2.39. The first-order valence-electron chi connectivity index (χ1n) is 5.42. The Morgan fingerprint density at radius 2 is 2.00 bits per heavy atom. The van der Waals surface area contributed by atoms with Gasteiger partial charge in [0.2, 0.25) is 5.91 Å². The van der Waals surface area contributed by atoms with Crippen LogP contribution < -0.4 is 5.32 Å². The summed E-state index contributed by atoms with van der Waals surface area (Å²) in [6, 6.07) is 0. The molecule has 0 heterocycles. The Balaban J connectivity index is 2.23. The smallest absolute Gasteiger partial charge is 0.310 e. The fraction of sp³-hybridized carbons (Fsp3) is 0.818. The second-order valence-corrected chi connectivity index (χ2v) is 4.97. The van der Waals surface area contributed by atoms with Gasteiger partial charge in [-0.1, -0.05) is 6.42 Å². The van der Waals surface area contributed by atoms with E-state index in [4.69, 9.17) is 5.11 Å². The highest BCUT2D eigenvalue weighted by atomic mass is 16.4. The predicted molar refractivity (Wildman–Crippen MR) is 56.4 cm³/mol. The number of carbonyl (C=O) groups excluding carboxylic acids is 1. The second-order valence-electron chi connectivity index (χ2n) is 4.97. The number of carbonyl (C=O) groups is 2. The molecular formula is C11H19NO3. The van der Waals surface area contributed by atoms with Crippen LogP contribution in [0, 0.1) is 11.3 Å². The molecule has 0 saturated heterocycles. The second kappa shape index (κ2) is 4.64. The van der Waals surface area contributed by atoms with Gasteiger partial charge in [0.15, 0.2) is 0 Å². The molecule has 0 radical (unpaired) electrons. The lowest BCUT2D eigenvalue weighted by atomic mass is 9.83. The van der Waals surface area contributed by atoms with Crippen LogP contribution in [0.2, 0.25) is 0 Å². The van der Waals surface area contributed by atoms with Gasteiger partial charge in [0.25, 0.3) is 0 Å². The Labute approximate surface area is 90.0 Å². The van der Waals surface area contributed by atoms with Crippen molar-refractivity contribution in [1.29, 1.82) is 0 Å². The first-order chi connectivity index (χ1) is 6.92. The Kier molecular flexibility index (Phi) is 3.72. The Morgan fingerprint density at radius 1 is 1.40 bits per heavy atom. The van der Waals surface area contributed by atoms with Gasteiger partial charge in [0.05, 0.1) is 5.41 Å². The first kappa shape index (κ1) is 12.0. The van der Waals surface area contributed by atoms with Gasteiger partial charge in [0, 0.05) is 13.0 Å². The van der Waals surface area contributed by atoms with E-state index in [0.717, 1.165) is 12.8 Å². The zero-order valence-electron chi connectivity index (χ0n) is 9.38. The van der Waals surface area contributed by atoms with Crippen LogP contribution >= 0.6 is 0 Å². The van der Waals surface area contributed by atoms with Crippen LogP contribution in [0.3, 0.4) is 0 Å². The van der Waals surface area contributed by atoms with Crippen LogP contribution in [-0.2, 0) is 9.59 Å². The van der Waals surface area contributed by atoms with Gasteiger partial charge in [0.1, 0.15) is 0 Å². The Morgan fingerprint density at radius 3 is 2.40 bits per heavy atom. The van der Waals surface area contributed by atoms with Crippen molar-refractivity contribution in [1.82, 2.24) is 5.32 Å². The standard InChI is InChI=1S/C11H19NO3/c1-11(2,10(14)15)7-12-9(13)6-8-4-3-5-8/h8H,3-7H2,1-2H3,(H,12,13)(H,14,15). The molecule has 1 saturated carbocycles. The van der Waals surface area contributed by atoms with E-state index in [0.29, 0.717) is 12.3 Å². The van der Waals surface area contributed by atoms with E-state index in [1.165, 1.54) is 6.42 Å². The molecule has 15 heavy (non-hydrogen) atoms. The maximum absolute atomic E-state index is 11.4. The molecule has 4 heteroatoms. The van der Waals surface area contributed by atoms with E-state index in [1.807, 2.05) is 0 Å². The number of amides is 1. The summed E-state index contributed by atoms with van der Waals surface area (Å²) in [5.74, 6) is -0.376. The van der Waals surface area contributed by atoms with Crippen molar-refractivity contribution in [3.8, 4) is 0 Å². The van der Waals surface area contributed by atoms with Crippen LogP contribution in [0.1, 0.15) is 39.5 Å². The largest absolute Gasteiger partial charge is 0.481 e. The molecule has 1 aliphatic rings. The van der Waals surface area contributed by atoms with E-state index in [2.05, 4.69) is 5.32 Å². The molecule has 1 rings (SSSR count). The summed E-state index contributed by atoms with van der Waals surface area (Å²) in [4.78, 5) is 22.2. The number of nitrogens with one attached hydrogen (secondary N) is 1. The van der Waals surface area contributed by atoms with E-state index >= 15 is 0 Å². The van der Waals surface area contributed by atoms with E-state index < -0.39 is 11.4 Å². The number of hydrogen-bond acceptors (Lipinski definition) is 2. The number of hydrogen-bond donors (Lipinski definition) is 2. The van der Waals surface area contributed by atoms with Crippen molar-refractivity contribution in [3.05, 3.63) is 0 Å². The summed E-state index contributed by atoms with van der Waals surface area (Å²) in [6.45, 7) is 3.42. The minimum Gasteiger partial charge on any atom is -0.481 e.